The van der Waals surface area contributed by atoms with E-state index in [0.717, 1.165) is 42.4 Å². The Morgan fingerprint density at radius 3 is 2.55 bits per heavy atom. The van der Waals surface area contributed by atoms with Gasteiger partial charge in [0.15, 0.2) is 10.9 Å². The van der Waals surface area contributed by atoms with Gasteiger partial charge in [-0.1, -0.05) is 51.3 Å². The predicted molar refractivity (Wildman–Crippen MR) is 125 cm³/mol. The average molecular weight is 414 g/mol. The van der Waals surface area contributed by atoms with Crippen LogP contribution >= 0.6 is 12.2 Å². The summed E-state index contributed by atoms with van der Waals surface area (Å²) >= 11 is 5.80. The topological polar surface area (TPSA) is 44.4 Å². The lowest BCUT2D eigenvalue weighted by Gasteiger charge is -2.36. The van der Waals surface area contributed by atoms with Crippen molar-refractivity contribution in [2.24, 2.45) is 5.41 Å². The first-order chi connectivity index (χ1) is 13.9. The normalized spacial score (nSPS) is 19.4. The summed E-state index contributed by atoms with van der Waals surface area (Å²) in [6.07, 6.45) is 10.7. The number of rotatable bonds is 7. The first-order valence-electron chi connectivity index (χ1n) is 11.0. The molecule has 2 N–H and O–H groups in total. The van der Waals surface area contributed by atoms with Crippen molar-refractivity contribution in [2.75, 3.05) is 18.4 Å². The predicted octanol–water partition coefficient (Wildman–Crippen LogP) is 5.27. The third kappa shape index (κ3) is 6.84. The van der Waals surface area contributed by atoms with Crippen LogP contribution in [-0.4, -0.2) is 34.9 Å². The van der Waals surface area contributed by atoms with Crippen molar-refractivity contribution in [3.63, 3.8) is 0 Å². The van der Waals surface area contributed by atoms with Gasteiger partial charge in [-0.3, -0.25) is 4.79 Å². The van der Waals surface area contributed by atoms with E-state index in [1.807, 2.05) is 18.2 Å². The van der Waals surface area contributed by atoms with Gasteiger partial charge < -0.3 is 15.5 Å². The van der Waals surface area contributed by atoms with Gasteiger partial charge in [0.2, 0.25) is 0 Å². The highest BCUT2D eigenvalue weighted by atomic mass is 32.1. The Morgan fingerprint density at radius 1 is 1.14 bits per heavy atom. The van der Waals surface area contributed by atoms with E-state index < -0.39 is 0 Å². The highest BCUT2D eigenvalue weighted by molar-refractivity contribution is 7.80. The maximum absolute atomic E-state index is 11.9. The molecule has 1 aromatic rings. The molecule has 0 saturated heterocycles. The molecule has 2 aliphatic rings. The van der Waals surface area contributed by atoms with Gasteiger partial charge in [0.05, 0.1) is 0 Å². The second kappa shape index (κ2) is 10.2. The van der Waals surface area contributed by atoms with Crippen molar-refractivity contribution >= 4 is 28.8 Å². The Bertz CT molecular complexity index is 723. The fraction of sp³-hybridized carbons (Fsp3) is 0.583. The molecule has 0 radical (unpaired) electrons. The van der Waals surface area contributed by atoms with E-state index in [2.05, 4.69) is 41.5 Å². The maximum Gasteiger partial charge on any atom is 0.173 e. The molecule has 0 heterocycles. The molecule has 0 atom stereocenters. The smallest absolute Gasteiger partial charge is 0.173 e. The van der Waals surface area contributed by atoms with Crippen LogP contribution in [0.25, 0.3) is 0 Å². The zero-order valence-corrected chi connectivity index (χ0v) is 18.7. The number of allylic oxidation sites excluding steroid dienone is 2. The number of anilines is 1. The van der Waals surface area contributed by atoms with Crippen molar-refractivity contribution in [3.05, 3.63) is 42.1 Å². The van der Waals surface area contributed by atoms with Crippen LogP contribution in [0, 0.1) is 5.41 Å². The standard InChI is InChI=1S/C24H35N3OS/c1-24(2)17-20(16-22(28)18-24)25-14-9-15-27(21-12-7-4-8-13-21)23(29)26-19-10-5-3-6-11-19/h3,5-6,10-11,16,21,25H,4,7-9,12-15,17-18H2,1-2H3,(H,26,29). The zero-order chi connectivity index (χ0) is 20.7. The average Bonchev–Trinajstić information content (AvgIpc) is 2.68. The molecule has 1 aromatic carbocycles. The minimum atomic E-state index is 0.0590. The summed E-state index contributed by atoms with van der Waals surface area (Å²) < 4.78 is 0. The Kier molecular flexibility index (Phi) is 7.70. The molecule has 0 unspecified atom stereocenters. The Morgan fingerprint density at radius 2 is 1.86 bits per heavy atom. The molecule has 0 aliphatic heterocycles. The van der Waals surface area contributed by atoms with Crippen molar-refractivity contribution in [1.29, 1.82) is 0 Å². The molecule has 5 heteroatoms. The van der Waals surface area contributed by atoms with Gasteiger partial charge in [-0.25, -0.2) is 0 Å². The molecule has 0 aromatic heterocycles. The van der Waals surface area contributed by atoms with E-state index in [9.17, 15) is 4.79 Å². The van der Waals surface area contributed by atoms with E-state index >= 15 is 0 Å². The molecule has 4 nitrogen and oxygen atoms in total. The molecule has 158 valence electrons. The minimum absolute atomic E-state index is 0.0590. The van der Waals surface area contributed by atoms with Crippen molar-refractivity contribution in [1.82, 2.24) is 10.2 Å². The number of carbonyl (C=O) groups is 1. The largest absolute Gasteiger partial charge is 0.388 e. The lowest BCUT2D eigenvalue weighted by atomic mass is 9.79. The fourth-order valence-electron chi connectivity index (χ4n) is 4.52. The van der Waals surface area contributed by atoms with Crippen molar-refractivity contribution in [2.45, 2.75) is 71.3 Å². The summed E-state index contributed by atoms with van der Waals surface area (Å²) in [6.45, 7) is 6.13. The number of para-hydroxylation sites is 1. The second-order valence-corrected chi connectivity index (χ2v) is 9.60. The minimum Gasteiger partial charge on any atom is -0.388 e. The van der Waals surface area contributed by atoms with Crippen LogP contribution in [-0.2, 0) is 4.79 Å². The third-order valence-electron chi connectivity index (χ3n) is 5.89. The Balaban J connectivity index is 1.54. The number of hydrogen-bond donors (Lipinski definition) is 2. The number of thiocarbonyl (C=S) groups is 1. The summed E-state index contributed by atoms with van der Waals surface area (Å²) in [7, 11) is 0. The van der Waals surface area contributed by atoms with Crippen LogP contribution in [0.5, 0.6) is 0 Å². The molecule has 1 fully saturated rings. The van der Waals surface area contributed by atoms with Crippen molar-refractivity contribution < 1.29 is 4.79 Å². The molecule has 2 aliphatic carbocycles. The van der Waals surface area contributed by atoms with Crippen LogP contribution < -0.4 is 10.6 Å². The molecule has 1 saturated carbocycles. The highest BCUT2D eigenvalue weighted by Gasteiger charge is 2.27. The summed E-state index contributed by atoms with van der Waals surface area (Å²) in [5, 5.41) is 7.76. The monoisotopic (exact) mass is 413 g/mol. The second-order valence-electron chi connectivity index (χ2n) is 9.22. The number of hydrogen-bond acceptors (Lipinski definition) is 3. The number of nitrogens with zero attached hydrogens (tertiary/aromatic N) is 1. The molecule has 0 amide bonds. The Labute approximate surface area is 181 Å². The highest BCUT2D eigenvalue weighted by Crippen LogP contribution is 2.32. The van der Waals surface area contributed by atoms with Gasteiger partial charge in [-0.05, 0) is 55.4 Å². The molecule has 29 heavy (non-hydrogen) atoms. The lowest BCUT2D eigenvalue weighted by Crippen LogP contribution is -2.44. The van der Waals surface area contributed by atoms with Crippen LogP contribution in [0.1, 0.15) is 65.2 Å². The maximum atomic E-state index is 11.9. The fourth-order valence-corrected chi connectivity index (χ4v) is 4.88. The molecule has 0 bridgehead atoms. The van der Waals surface area contributed by atoms with E-state index in [-0.39, 0.29) is 11.2 Å². The van der Waals surface area contributed by atoms with Crippen LogP contribution in [0.15, 0.2) is 42.1 Å². The number of carbonyl (C=O) groups excluding carboxylic acids is 1. The quantitative estimate of drug-likeness (QED) is 0.471. The zero-order valence-electron chi connectivity index (χ0n) is 17.9. The van der Waals surface area contributed by atoms with E-state index in [1.165, 1.54) is 32.1 Å². The van der Waals surface area contributed by atoms with Gasteiger partial charge >= 0.3 is 0 Å². The van der Waals surface area contributed by atoms with E-state index in [0.29, 0.717) is 12.5 Å². The molecular weight excluding hydrogens is 378 g/mol. The van der Waals surface area contributed by atoms with E-state index in [4.69, 9.17) is 12.2 Å². The number of nitrogens with one attached hydrogen (secondary N) is 2. The van der Waals surface area contributed by atoms with Gasteiger partial charge in [-0.15, -0.1) is 0 Å². The van der Waals surface area contributed by atoms with Crippen LogP contribution in [0.2, 0.25) is 0 Å². The number of benzene rings is 1. The Hall–Kier alpha value is -1.88. The first-order valence-corrected chi connectivity index (χ1v) is 11.4. The molecule has 3 rings (SSSR count). The lowest BCUT2D eigenvalue weighted by molar-refractivity contribution is -0.117. The van der Waals surface area contributed by atoms with Crippen molar-refractivity contribution in [3.8, 4) is 0 Å². The van der Waals surface area contributed by atoms with Crippen LogP contribution in [0.4, 0.5) is 5.69 Å². The molecular formula is C24H35N3OS. The molecule has 0 spiro atoms. The van der Waals surface area contributed by atoms with Gasteiger partial charge in [0.25, 0.3) is 0 Å². The summed E-state index contributed by atoms with van der Waals surface area (Å²) in [4.78, 5) is 14.3. The van der Waals surface area contributed by atoms with E-state index in [1.54, 1.807) is 6.08 Å². The van der Waals surface area contributed by atoms with Gasteiger partial charge in [0, 0.05) is 43.0 Å². The summed E-state index contributed by atoms with van der Waals surface area (Å²) in [5.41, 5.74) is 2.19. The van der Waals surface area contributed by atoms with Crippen LogP contribution in [0.3, 0.4) is 0 Å². The third-order valence-corrected chi connectivity index (χ3v) is 6.22. The first kappa shape index (κ1) is 21.8. The summed E-state index contributed by atoms with van der Waals surface area (Å²) in [5.74, 6) is 0.237. The number of ketones is 1. The SMILES string of the molecule is CC1(C)CC(=O)C=C(NCCCN(C(=S)Nc2ccccc2)C2CCCCC2)C1. The summed E-state index contributed by atoms with van der Waals surface area (Å²) in [6, 6.07) is 10.7. The van der Waals surface area contributed by atoms with Gasteiger partial charge in [-0.2, -0.15) is 0 Å². The van der Waals surface area contributed by atoms with Gasteiger partial charge in [0.1, 0.15) is 0 Å².